The first-order chi connectivity index (χ1) is 11.5. The zero-order valence-corrected chi connectivity index (χ0v) is 14.7. The molecular weight excluding hydrogens is 318 g/mol. The molecule has 0 aliphatic heterocycles. The third-order valence-electron chi connectivity index (χ3n) is 3.60. The van der Waals surface area contributed by atoms with E-state index in [9.17, 15) is 4.79 Å². The van der Waals surface area contributed by atoms with Crippen LogP contribution in [0.15, 0.2) is 48.5 Å². The number of aromatic nitrogens is 1. The minimum absolute atomic E-state index is 0.155. The van der Waals surface area contributed by atoms with E-state index < -0.39 is 0 Å². The number of anilines is 2. The lowest BCUT2D eigenvalue weighted by atomic mass is 10.2. The molecule has 2 aromatic carbocycles. The van der Waals surface area contributed by atoms with E-state index in [1.165, 1.54) is 0 Å². The molecule has 3 rings (SSSR count). The maximum absolute atomic E-state index is 12.1. The monoisotopic (exact) mass is 337 g/mol. The molecule has 24 heavy (non-hydrogen) atoms. The quantitative estimate of drug-likeness (QED) is 0.721. The largest absolute Gasteiger partial charge is 0.378 e. The van der Waals surface area contributed by atoms with Crippen molar-refractivity contribution in [3.63, 3.8) is 0 Å². The normalized spacial score (nSPS) is 11.1. The SMILES string of the molecule is Cc1nc2cc(NC(=O)/C=C/c3ccc(N(C)C)cc3)ccc2s1. The Hall–Kier alpha value is -2.66. The van der Waals surface area contributed by atoms with Gasteiger partial charge in [0, 0.05) is 31.5 Å². The van der Waals surface area contributed by atoms with Crippen LogP contribution in [0.25, 0.3) is 16.3 Å². The second-order valence-electron chi connectivity index (χ2n) is 5.72. The van der Waals surface area contributed by atoms with Crippen LogP contribution < -0.4 is 10.2 Å². The number of carbonyl (C=O) groups is 1. The van der Waals surface area contributed by atoms with Gasteiger partial charge in [0.25, 0.3) is 0 Å². The molecule has 0 unspecified atom stereocenters. The Morgan fingerprint density at radius 3 is 2.62 bits per heavy atom. The van der Waals surface area contributed by atoms with Crippen molar-refractivity contribution in [2.24, 2.45) is 0 Å². The fourth-order valence-corrected chi connectivity index (χ4v) is 3.17. The molecule has 1 aromatic heterocycles. The van der Waals surface area contributed by atoms with Crippen LogP contribution in [-0.2, 0) is 4.79 Å². The summed E-state index contributed by atoms with van der Waals surface area (Å²) in [6.45, 7) is 1.98. The number of carbonyl (C=O) groups excluding carboxylic acids is 1. The summed E-state index contributed by atoms with van der Waals surface area (Å²) >= 11 is 1.65. The zero-order valence-electron chi connectivity index (χ0n) is 13.9. The van der Waals surface area contributed by atoms with Gasteiger partial charge in [0.15, 0.2) is 0 Å². The minimum atomic E-state index is -0.155. The van der Waals surface area contributed by atoms with E-state index in [0.717, 1.165) is 32.2 Å². The van der Waals surface area contributed by atoms with Crippen LogP contribution in [0.5, 0.6) is 0 Å². The fourth-order valence-electron chi connectivity index (χ4n) is 2.36. The Labute approximate surface area is 145 Å². The highest BCUT2D eigenvalue weighted by Crippen LogP contribution is 2.24. The van der Waals surface area contributed by atoms with Gasteiger partial charge >= 0.3 is 0 Å². The van der Waals surface area contributed by atoms with Crippen molar-refractivity contribution in [1.29, 1.82) is 0 Å². The second kappa shape index (κ2) is 6.84. The number of nitrogens with zero attached hydrogens (tertiary/aromatic N) is 2. The summed E-state index contributed by atoms with van der Waals surface area (Å²) in [4.78, 5) is 18.6. The van der Waals surface area contributed by atoms with Crippen molar-refractivity contribution in [1.82, 2.24) is 4.98 Å². The summed E-state index contributed by atoms with van der Waals surface area (Å²) in [6, 6.07) is 13.8. The lowest BCUT2D eigenvalue weighted by molar-refractivity contribution is -0.111. The lowest BCUT2D eigenvalue weighted by Crippen LogP contribution is -2.08. The number of benzene rings is 2. The number of fused-ring (bicyclic) bond motifs is 1. The summed E-state index contributed by atoms with van der Waals surface area (Å²) < 4.78 is 1.13. The van der Waals surface area contributed by atoms with Gasteiger partial charge < -0.3 is 10.2 Å². The Bertz CT molecular complexity index is 895. The molecule has 1 N–H and O–H groups in total. The van der Waals surface area contributed by atoms with Gasteiger partial charge in [-0.2, -0.15) is 0 Å². The number of nitrogens with one attached hydrogen (secondary N) is 1. The van der Waals surface area contributed by atoms with Gasteiger partial charge in [-0.1, -0.05) is 12.1 Å². The highest BCUT2D eigenvalue weighted by Gasteiger charge is 2.03. The Morgan fingerprint density at radius 2 is 1.92 bits per heavy atom. The van der Waals surface area contributed by atoms with Crippen LogP contribution in [0.1, 0.15) is 10.6 Å². The molecule has 5 heteroatoms. The molecule has 0 radical (unpaired) electrons. The first kappa shape index (κ1) is 16.2. The lowest BCUT2D eigenvalue weighted by Gasteiger charge is -2.11. The molecular formula is C19H19N3OS. The summed E-state index contributed by atoms with van der Waals surface area (Å²) in [5, 5.41) is 3.90. The molecule has 0 spiro atoms. The number of aryl methyl sites for hydroxylation is 1. The first-order valence-corrected chi connectivity index (χ1v) is 8.46. The van der Waals surface area contributed by atoms with Crippen LogP contribution in [-0.4, -0.2) is 25.0 Å². The molecule has 122 valence electrons. The smallest absolute Gasteiger partial charge is 0.248 e. The van der Waals surface area contributed by atoms with E-state index in [1.54, 1.807) is 23.5 Å². The maximum atomic E-state index is 12.1. The van der Waals surface area contributed by atoms with E-state index in [4.69, 9.17) is 0 Å². The minimum Gasteiger partial charge on any atom is -0.378 e. The Kier molecular flexibility index (Phi) is 4.62. The molecule has 3 aromatic rings. The van der Waals surface area contributed by atoms with Crippen LogP contribution in [0, 0.1) is 6.92 Å². The van der Waals surface area contributed by atoms with Gasteiger partial charge in [-0.15, -0.1) is 11.3 Å². The highest BCUT2D eigenvalue weighted by atomic mass is 32.1. The fraction of sp³-hybridized carbons (Fsp3) is 0.158. The predicted octanol–water partition coefficient (Wildman–Crippen LogP) is 4.32. The van der Waals surface area contributed by atoms with Gasteiger partial charge in [0.2, 0.25) is 5.91 Å². The van der Waals surface area contributed by atoms with Crippen LogP contribution in [0.4, 0.5) is 11.4 Å². The van der Waals surface area contributed by atoms with Gasteiger partial charge in [-0.25, -0.2) is 4.98 Å². The molecule has 1 amide bonds. The molecule has 0 saturated heterocycles. The number of rotatable bonds is 4. The van der Waals surface area contributed by atoms with Gasteiger partial charge in [0.1, 0.15) is 0 Å². The van der Waals surface area contributed by atoms with Crippen LogP contribution in [0.3, 0.4) is 0 Å². The maximum Gasteiger partial charge on any atom is 0.248 e. The molecule has 0 saturated carbocycles. The number of thiazole rings is 1. The van der Waals surface area contributed by atoms with Crippen molar-refractivity contribution in [2.45, 2.75) is 6.92 Å². The summed E-state index contributed by atoms with van der Waals surface area (Å²) in [7, 11) is 4.00. The van der Waals surface area contributed by atoms with E-state index in [-0.39, 0.29) is 5.91 Å². The number of hydrogen-bond donors (Lipinski definition) is 1. The summed E-state index contributed by atoms with van der Waals surface area (Å²) in [5.74, 6) is -0.155. The third-order valence-corrected chi connectivity index (χ3v) is 4.55. The van der Waals surface area contributed by atoms with Crippen molar-refractivity contribution < 1.29 is 4.79 Å². The highest BCUT2D eigenvalue weighted by molar-refractivity contribution is 7.18. The molecule has 0 fully saturated rings. The summed E-state index contributed by atoms with van der Waals surface area (Å²) in [6.07, 6.45) is 3.35. The molecule has 1 heterocycles. The van der Waals surface area contributed by atoms with Crippen molar-refractivity contribution >= 4 is 44.9 Å². The first-order valence-electron chi connectivity index (χ1n) is 7.65. The van der Waals surface area contributed by atoms with Crippen molar-refractivity contribution in [2.75, 3.05) is 24.3 Å². The topological polar surface area (TPSA) is 45.2 Å². The van der Waals surface area contributed by atoms with Crippen LogP contribution in [0.2, 0.25) is 0 Å². The molecule has 0 aliphatic carbocycles. The van der Waals surface area contributed by atoms with Crippen molar-refractivity contribution in [3.8, 4) is 0 Å². The van der Waals surface area contributed by atoms with E-state index >= 15 is 0 Å². The van der Waals surface area contributed by atoms with Gasteiger partial charge in [0.05, 0.1) is 15.2 Å². The van der Waals surface area contributed by atoms with Gasteiger partial charge in [-0.05, 0) is 48.9 Å². The summed E-state index contributed by atoms with van der Waals surface area (Å²) in [5.41, 5.74) is 3.79. The van der Waals surface area contributed by atoms with Gasteiger partial charge in [-0.3, -0.25) is 4.79 Å². The van der Waals surface area contributed by atoms with Crippen molar-refractivity contribution in [3.05, 3.63) is 59.1 Å². The zero-order chi connectivity index (χ0) is 17.1. The second-order valence-corrected chi connectivity index (χ2v) is 6.96. The van der Waals surface area contributed by atoms with E-state index in [1.807, 2.05) is 68.4 Å². The third kappa shape index (κ3) is 3.81. The molecule has 0 atom stereocenters. The molecule has 0 bridgehead atoms. The average Bonchev–Trinajstić information content (AvgIpc) is 2.92. The Morgan fingerprint density at radius 1 is 1.17 bits per heavy atom. The Balaban J connectivity index is 1.67. The number of amides is 1. The van der Waals surface area contributed by atoms with E-state index in [2.05, 4.69) is 10.3 Å². The van der Waals surface area contributed by atoms with E-state index in [0.29, 0.717) is 0 Å². The predicted molar refractivity (Wildman–Crippen MR) is 103 cm³/mol. The number of hydrogen-bond acceptors (Lipinski definition) is 4. The average molecular weight is 337 g/mol. The molecule has 0 aliphatic rings. The molecule has 4 nitrogen and oxygen atoms in total. The standard InChI is InChI=1S/C19H19N3OS/c1-13-20-17-12-15(7-10-18(17)24-13)21-19(23)11-6-14-4-8-16(9-5-14)22(2)3/h4-12H,1-3H3,(H,21,23)/b11-6+. The van der Waals surface area contributed by atoms with Crippen LogP contribution >= 0.6 is 11.3 Å².